The van der Waals surface area contributed by atoms with Crippen LogP contribution in [0.15, 0.2) is 24.3 Å². The lowest BCUT2D eigenvalue weighted by Crippen LogP contribution is -2.36. The van der Waals surface area contributed by atoms with Crippen molar-refractivity contribution in [1.82, 2.24) is 5.32 Å². The molecule has 6 nitrogen and oxygen atoms in total. The van der Waals surface area contributed by atoms with Gasteiger partial charge in [0.1, 0.15) is 6.61 Å². The van der Waals surface area contributed by atoms with E-state index in [0.29, 0.717) is 11.6 Å². The molecule has 0 aliphatic rings. The van der Waals surface area contributed by atoms with Crippen molar-refractivity contribution in [3.63, 3.8) is 0 Å². The molecule has 1 atom stereocenters. The van der Waals surface area contributed by atoms with Gasteiger partial charge in [-0.25, -0.2) is 4.79 Å². The Labute approximate surface area is 124 Å². The smallest absolute Gasteiger partial charge is 0.338 e. The lowest BCUT2D eigenvalue weighted by molar-refractivity contribution is -0.384. The average molecular weight is 303 g/mol. The summed E-state index contributed by atoms with van der Waals surface area (Å²) in [4.78, 5) is 21.7. The normalized spacial score (nSPS) is 11.6. The lowest BCUT2D eigenvalue weighted by atomic mass is 10.2. The molecular formula is C13H19ClN2O4. The molecule has 0 unspecified atom stereocenters. The molecule has 1 rings (SSSR count). The van der Waals surface area contributed by atoms with Gasteiger partial charge in [-0.1, -0.05) is 13.8 Å². The second-order valence-corrected chi connectivity index (χ2v) is 4.62. The number of esters is 1. The third-order valence-electron chi connectivity index (χ3n) is 2.40. The third-order valence-corrected chi connectivity index (χ3v) is 2.40. The zero-order chi connectivity index (χ0) is 14.4. The third kappa shape index (κ3) is 5.99. The molecular weight excluding hydrogens is 284 g/mol. The van der Waals surface area contributed by atoms with Gasteiger partial charge in [0.25, 0.3) is 5.69 Å². The monoisotopic (exact) mass is 302 g/mol. The van der Waals surface area contributed by atoms with E-state index in [2.05, 4.69) is 5.32 Å². The summed E-state index contributed by atoms with van der Waals surface area (Å²) in [6, 6.07) is 5.72. The first-order valence-electron chi connectivity index (χ1n) is 6.07. The van der Waals surface area contributed by atoms with Crippen molar-refractivity contribution in [2.75, 3.05) is 6.61 Å². The number of non-ortho nitro benzene ring substituents is 1. The SMILES string of the molecule is CC(C)N[C@H](C)COC(=O)c1ccc([N+](=O)[O-])cc1.Cl. The molecule has 0 fully saturated rings. The van der Waals surface area contributed by atoms with Gasteiger partial charge >= 0.3 is 5.97 Å². The van der Waals surface area contributed by atoms with E-state index in [9.17, 15) is 14.9 Å². The Morgan fingerprint density at radius 1 is 1.30 bits per heavy atom. The first-order chi connectivity index (χ1) is 8.90. The van der Waals surface area contributed by atoms with Gasteiger partial charge in [0.05, 0.1) is 10.5 Å². The molecule has 1 N–H and O–H groups in total. The summed E-state index contributed by atoms with van der Waals surface area (Å²) in [5, 5.41) is 13.7. The van der Waals surface area contributed by atoms with Gasteiger partial charge in [-0.05, 0) is 19.1 Å². The molecule has 0 saturated heterocycles. The zero-order valence-electron chi connectivity index (χ0n) is 11.7. The fraction of sp³-hybridized carbons (Fsp3) is 0.462. The highest BCUT2D eigenvalue weighted by Crippen LogP contribution is 2.12. The molecule has 112 valence electrons. The maximum Gasteiger partial charge on any atom is 0.338 e. The Balaban J connectivity index is 0.00000361. The van der Waals surface area contributed by atoms with Crippen molar-refractivity contribution in [2.24, 2.45) is 0 Å². The van der Waals surface area contributed by atoms with Crippen molar-refractivity contribution in [2.45, 2.75) is 32.9 Å². The molecule has 0 radical (unpaired) electrons. The van der Waals surface area contributed by atoms with Crippen molar-refractivity contribution in [3.05, 3.63) is 39.9 Å². The number of rotatable bonds is 6. The highest BCUT2D eigenvalue weighted by Gasteiger charge is 2.12. The highest BCUT2D eigenvalue weighted by molar-refractivity contribution is 5.89. The number of nitro groups is 1. The number of halogens is 1. The molecule has 0 aliphatic heterocycles. The van der Waals surface area contributed by atoms with E-state index in [1.807, 2.05) is 20.8 Å². The fourth-order valence-electron chi connectivity index (χ4n) is 1.62. The first-order valence-corrected chi connectivity index (χ1v) is 6.07. The van der Waals surface area contributed by atoms with E-state index in [1.54, 1.807) is 0 Å². The first kappa shape index (κ1) is 18.3. The number of nitrogens with zero attached hydrogens (tertiary/aromatic N) is 1. The second-order valence-electron chi connectivity index (χ2n) is 4.62. The van der Waals surface area contributed by atoms with E-state index in [0.717, 1.165) is 0 Å². The standard InChI is InChI=1S/C13H18N2O4.ClH/c1-9(2)14-10(3)8-19-13(16)11-4-6-12(7-5-11)15(17)18;/h4-7,9-10,14H,8H2,1-3H3;1H/t10-;/m1./s1. The molecule has 0 bridgehead atoms. The van der Waals surface area contributed by atoms with Crippen LogP contribution in [0.2, 0.25) is 0 Å². The summed E-state index contributed by atoms with van der Waals surface area (Å²) in [6.45, 7) is 6.19. The molecule has 1 aromatic rings. The summed E-state index contributed by atoms with van der Waals surface area (Å²) >= 11 is 0. The van der Waals surface area contributed by atoms with Crippen LogP contribution < -0.4 is 5.32 Å². The predicted octanol–water partition coefficient (Wildman–Crippen LogP) is 2.56. The number of carbonyl (C=O) groups excluding carboxylic acids is 1. The molecule has 0 aliphatic carbocycles. The van der Waals surface area contributed by atoms with Crippen LogP contribution in [0.5, 0.6) is 0 Å². The number of hydrogen-bond acceptors (Lipinski definition) is 5. The minimum atomic E-state index is -0.510. The van der Waals surface area contributed by atoms with E-state index in [-0.39, 0.29) is 30.7 Å². The van der Waals surface area contributed by atoms with Crippen molar-refractivity contribution in [3.8, 4) is 0 Å². The van der Waals surface area contributed by atoms with Crippen LogP contribution >= 0.6 is 12.4 Å². The fourth-order valence-corrected chi connectivity index (χ4v) is 1.62. The Bertz CT molecular complexity index is 448. The quantitative estimate of drug-likeness (QED) is 0.496. The van der Waals surface area contributed by atoms with E-state index in [1.165, 1.54) is 24.3 Å². The largest absolute Gasteiger partial charge is 0.460 e. The zero-order valence-corrected chi connectivity index (χ0v) is 12.5. The van der Waals surface area contributed by atoms with Gasteiger partial charge in [-0.3, -0.25) is 10.1 Å². The topological polar surface area (TPSA) is 81.5 Å². The molecule has 7 heteroatoms. The molecule has 0 amide bonds. The molecule has 0 aromatic heterocycles. The maximum absolute atomic E-state index is 11.7. The number of hydrogen-bond donors (Lipinski definition) is 1. The number of carbonyl (C=O) groups is 1. The Hall–Kier alpha value is -1.66. The van der Waals surface area contributed by atoms with Crippen LogP contribution in [0, 0.1) is 10.1 Å². The average Bonchev–Trinajstić information content (AvgIpc) is 2.35. The number of benzene rings is 1. The number of nitrogens with one attached hydrogen (secondary N) is 1. The van der Waals surface area contributed by atoms with Crippen molar-refractivity contribution in [1.29, 1.82) is 0 Å². The Morgan fingerprint density at radius 2 is 1.85 bits per heavy atom. The number of nitro benzene ring substituents is 1. The van der Waals surface area contributed by atoms with Crippen LogP contribution in [-0.2, 0) is 4.74 Å². The van der Waals surface area contributed by atoms with Gasteiger partial charge in [0.15, 0.2) is 0 Å². The summed E-state index contributed by atoms with van der Waals surface area (Å²) in [5.41, 5.74) is 0.258. The second kappa shape index (κ2) is 8.50. The predicted molar refractivity (Wildman–Crippen MR) is 78.4 cm³/mol. The van der Waals surface area contributed by atoms with Gasteiger partial charge in [-0.2, -0.15) is 0 Å². The Morgan fingerprint density at radius 3 is 2.30 bits per heavy atom. The minimum Gasteiger partial charge on any atom is -0.460 e. The van der Waals surface area contributed by atoms with Crippen molar-refractivity contribution >= 4 is 24.1 Å². The summed E-state index contributed by atoms with van der Waals surface area (Å²) < 4.78 is 5.12. The summed E-state index contributed by atoms with van der Waals surface area (Å²) in [5.74, 6) is -0.479. The van der Waals surface area contributed by atoms with Gasteiger partial charge < -0.3 is 10.1 Å². The Kier molecular flexibility index (Phi) is 7.79. The van der Waals surface area contributed by atoms with Gasteiger partial charge in [0, 0.05) is 24.2 Å². The molecule has 0 spiro atoms. The molecule has 0 saturated carbocycles. The van der Waals surface area contributed by atoms with Crippen LogP contribution in [-0.4, -0.2) is 29.6 Å². The van der Waals surface area contributed by atoms with Crippen LogP contribution in [0.3, 0.4) is 0 Å². The van der Waals surface area contributed by atoms with Gasteiger partial charge in [0.2, 0.25) is 0 Å². The van der Waals surface area contributed by atoms with Gasteiger partial charge in [-0.15, -0.1) is 12.4 Å². The van der Waals surface area contributed by atoms with E-state index >= 15 is 0 Å². The number of ether oxygens (including phenoxy) is 1. The highest BCUT2D eigenvalue weighted by atomic mass is 35.5. The lowest BCUT2D eigenvalue weighted by Gasteiger charge is -2.16. The van der Waals surface area contributed by atoms with E-state index < -0.39 is 10.9 Å². The van der Waals surface area contributed by atoms with Crippen LogP contribution in [0.1, 0.15) is 31.1 Å². The maximum atomic E-state index is 11.7. The minimum absolute atomic E-state index is 0. The van der Waals surface area contributed by atoms with Crippen LogP contribution in [0.25, 0.3) is 0 Å². The molecule has 0 heterocycles. The summed E-state index contributed by atoms with van der Waals surface area (Å²) in [7, 11) is 0. The van der Waals surface area contributed by atoms with Crippen LogP contribution in [0.4, 0.5) is 5.69 Å². The molecule has 20 heavy (non-hydrogen) atoms. The van der Waals surface area contributed by atoms with Crippen molar-refractivity contribution < 1.29 is 14.5 Å². The molecule has 1 aromatic carbocycles. The summed E-state index contributed by atoms with van der Waals surface area (Å²) in [6.07, 6.45) is 0. The van der Waals surface area contributed by atoms with E-state index in [4.69, 9.17) is 4.74 Å².